The van der Waals surface area contributed by atoms with Crippen LogP contribution in [0, 0.1) is 5.41 Å². The Hall–Kier alpha value is -1.20. The molecule has 0 radical (unpaired) electrons. The first-order chi connectivity index (χ1) is 9.11. The SMILES string of the molecule is CC1(CN)CCN(c2ccnc3cc(Br)cnc23)C1. The predicted octanol–water partition coefficient (Wildman–Crippen LogP) is 2.57. The van der Waals surface area contributed by atoms with E-state index in [0.717, 1.165) is 47.2 Å². The third-order valence-electron chi connectivity index (χ3n) is 3.91. The van der Waals surface area contributed by atoms with Gasteiger partial charge in [-0.1, -0.05) is 6.92 Å². The third kappa shape index (κ3) is 2.32. The summed E-state index contributed by atoms with van der Waals surface area (Å²) in [4.78, 5) is 11.3. The second-order valence-corrected chi connectivity index (χ2v) is 6.45. The van der Waals surface area contributed by atoms with Crippen molar-refractivity contribution < 1.29 is 0 Å². The molecule has 1 unspecified atom stereocenters. The number of rotatable bonds is 2. The van der Waals surface area contributed by atoms with E-state index < -0.39 is 0 Å². The normalized spacial score (nSPS) is 23.2. The summed E-state index contributed by atoms with van der Waals surface area (Å²) >= 11 is 3.44. The maximum Gasteiger partial charge on any atom is 0.112 e. The van der Waals surface area contributed by atoms with Crippen molar-refractivity contribution in [2.24, 2.45) is 11.1 Å². The van der Waals surface area contributed by atoms with Gasteiger partial charge in [0.15, 0.2) is 0 Å². The first-order valence-electron chi connectivity index (χ1n) is 6.47. The van der Waals surface area contributed by atoms with E-state index in [2.05, 4.69) is 37.7 Å². The number of aromatic nitrogens is 2. The van der Waals surface area contributed by atoms with Crippen molar-refractivity contribution in [2.45, 2.75) is 13.3 Å². The van der Waals surface area contributed by atoms with Crippen LogP contribution in [-0.4, -0.2) is 29.6 Å². The lowest BCUT2D eigenvalue weighted by Crippen LogP contribution is -2.31. The van der Waals surface area contributed by atoms with Crippen molar-refractivity contribution >= 4 is 32.7 Å². The van der Waals surface area contributed by atoms with E-state index in [9.17, 15) is 0 Å². The van der Waals surface area contributed by atoms with Crippen molar-refractivity contribution in [1.82, 2.24) is 9.97 Å². The van der Waals surface area contributed by atoms with Gasteiger partial charge >= 0.3 is 0 Å². The second-order valence-electron chi connectivity index (χ2n) is 5.54. The fourth-order valence-corrected chi connectivity index (χ4v) is 2.96. The highest BCUT2D eigenvalue weighted by Gasteiger charge is 2.33. The van der Waals surface area contributed by atoms with Gasteiger partial charge in [-0.25, -0.2) is 0 Å². The zero-order chi connectivity index (χ0) is 13.5. The van der Waals surface area contributed by atoms with E-state index in [0.29, 0.717) is 0 Å². The number of anilines is 1. The maximum absolute atomic E-state index is 5.88. The molecule has 0 aliphatic carbocycles. The van der Waals surface area contributed by atoms with Gasteiger partial charge in [0, 0.05) is 30.0 Å². The third-order valence-corrected chi connectivity index (χ3v) is 4.35. The van der Waals surface area contributed by atoms with Gasteiger partial charge in [-0.3, -0.25) is 9.97 Å². The molecule has 2 aromatic heterocycles. The van der Waals surface area contributed by atoms with Crippen molar-refractivity contribution in [2.75, 3.05) is 24.5 Å². The molecule has 2 N–H and O–H groups in total. The van der Waals surface area contributed by atoms with Crippen molar-refractivity contribution in [1.29, 1.82) is 0 Å². The summed E-state index contributed by atoms with van der Waals surface area (Å²) in [7, 11) is 0. The van der Waals surface area contributed by atoms with Crippen LogP contribution in [0.4, 0.5) is 5.69 Å². The molecule has 5 heteroatoms. The lowest BCUT2D eigenvalue weighted by atomic mass is 9.90. The lowest BCUT2D eigenvalue weighted by molar-refractivity contribution is 0.383. The number of hydrogen-bond donors (Lipinski definition) is 1. The minimum Gasteiger partial charge on any atom is -0.369 e. The second kappa shape index (κ2) is 4.72. The molecule has 4 nitrogen and oxygen atoms in total. The molecule has 1 atom stereocenters. The average molecular weight is 321 g/mol. The van der Waals surface area contributed by atoms with Crippen LogP contribution in [0.15, 0.2) is 29.0 Å². The average Bonchev–Trinajstić information content (AvgIpc) is 2.81. The van der Waals surface area contributed by atoms with Gasteiger partial charge < -0.3 is 10.6 Å². The summed E-state index contributed by atoms with van der Waals surface area (Å²) in [5.41, 5.74) is 9.14. The monoisotopic (exact) mass is 320 g/mol. The van der Waals surface area contributed by atoms with Crippen molar-refractivity contribution in [3.8, 4) is 0 Å². The highest BCUT2D eigenvalue weighted by Crippen LogP contribution is 2.34. The Morgan fingerprint density at radius 2 is 2.32 bits per heavy atom. The quantitative estimate of drug-likeness (QED) is 0.924. The summed E-state index contributed by atoms with van der Waals surface area (Å²) in [6.07, 6.45) is 4.81. The molecular formula is C14H17BrN4. The van der Waals surface area contributed by atoms with Crippen LogP contribution in [0.3, 0.4) is 0 Å². The van der Waals surface area contributed by atoms with Gasteiger partial charge in [-0.05, 0) is 46.4 Å². The molecular weight excluding hydrogens is 304 g/mol. The summed E-state index contributed by atoms with van der Waals surface area (Å²) in [5.74, 6) is 0. The summed E-state index contributed by atoms with van der Waals surface area (Å²) in [5, 5.41) is 0. The van der Waals surface area contributed by atoms with Crippen LogP contribution in [0.25, 0.3) is 11.0 Å². The Morgan fingerprint density at radius 1 is 1.47 bits per heavy atom. The van der Waals surface area contributed by atoms with E-state index in [-0.39, 0.29) is 5.41 Å². The van der Waals surface area contributed by atoms with Gasteiger partial charge in [-0.15, -0.1) is 0 Å². The zero-order valence-electron chi connectivity index (χ0n) is 10.9. The molecule has 0 amide bonds. The molecule has 3 heterocycles. The molecule has 1 aliphatic rings. The lowest BCUT2D eigenvalue weighted by Gasteiger charge is -2.24. The van der Waals surface area contributed by atoms with E-state index in [4.69, 9.17) is 5.73 Å². The van der Waals surface area contributed by atoms with Crippen LogP contribution < -0.4 is 10.6 Å². The minimum atomic E-state index is 0.213. The first-order valence-corrected chi connectivity index (χ1v) is 7.26. The van der Waals surface area contributed by atoms with Gasteiger partial charge in [0.2, 0.25) is 0 Å². The number of pyridine rings is 2. The molecule has 0 aromatic carbocycles. The smallest absolute Gasteiger partial charge is 0.112 e. The van der Waals surface area contributed by atoms with E-state index in [1.807, 2.05) is 24.5 Å². The highest BCUT2D eigenvalue weighted by molar-refractivity contribution is 9.10. The molecule has 3 rings (SSSR count). The predicted molar refractivity (Wildman–Crippen MR) is 81.2 cm³/mol. The first kappa shape index (κ1) is 12.8. The molecule has 1 saturated heterocycles. The van der Waals surface area contributed by atoms with Crippen LogP contribution in [0.1, 0.15) is 13.3 Å². The Kier molecular flexibility index (Phi) is 3.19. The van der Waals surface area contributed by atoms with Crippen molar-refractivity contribution in [3.05, 3.63) is 29.0 Å². The largest absolute Gasteiger partial charge is 0.369 e. The number of nitrogens with two attached hydrogens (primary N) is 1. The topological polar surface area (TPSA) is 55.0 Å². The van der Waals surface area contributed by atoms with E-state index >= 15 is 0 Å². The maximum atomic E-state index is 5.88. The van der Waals surface area contributed by atoms with Gasteiger partial charge in [0.05, 0.1) is 11.2 Å². The molecule has 0 bridgehead atoms. The van der Waals surface area contributed by atoms with E-state index in [1.54, 1.807) is 0 Å². The fraction of sp³-hybridized carbons (Fsp3) is 0.429. The van der Waals surface area contributed by atoms with Gasteiger partial charge in [-0.2, -0.15) is 0 Å². The Bertz CT molecular complexity index is 615. The van der Waals surface area contributed by atoms with Gasteiger partial charge in [0.25, 0.3) is 0 Å². The number of hydrogen-bond acceptors (Lipinski definition) is 4. The molecule has 100 valence electrons. The molecule has 0 spiro atoms. The van der Waals surface area contributed by atoms with Crippen LogP contribution in [0.5, 0.6) is 0 Å². The molecule has 2 aromatic rings. The van der Waals surface area contributed by atoms with Crippen LogP contribution in [0.2, 0.25) is 0 Å². The summed E-state index contributed by atoms with van der Waals surface area (Å²) < 4.78 is 0.956. The van der Waals surface area contributed by atoms with Crippen molar-refractivity contribution in [3.63, 3.8) is 0 Å². The standard InChI is InChI=1S/C14H17BrN4/c1-14(8-16)3-5-19(9-14)12-2-4-17-11-6-10(15)7-18-13(11)12/h2,4,6-7H,3,5,8-9,16H2,1H3. The summed E-state index contributed by atoms with van der Waals surface area (Å²) in [6, 6.07) is 4.05. The molecule has 1 fully saturated rings. The number of fused-ring (bicyclic) bond motifs is 1. The van der Waals surface area contributed by atoms with Crippen LogP contribution >= 0.6 is 15.9 Å². The zero-order valence-corrected chi connectivity index (χ0v) is 12.5. The highest BCUT2D eigenvalue weighted by atomic mass is 79.9. The summed E-state index contributed by atoms with van der Waals surface area (Å²) in [6.45, 7) is 5.00. The molecule has 0 saturated carbocycles. The Morgan fingerprint density at radius 3 is 3.05 bits per heavy atom. The molecule has 1 aliphatic heterocycles. The number of halogens is 1. The van der Waals surface area contributed by atoms with E-state index in [1.165, 1.54) is 0 Å². The fourth-order valence-electron chi connectivity index (χ4n) is 2.64. The minimum absolute atomic E-state index is 0.213. The van der Waals surface area contributed by atoms with Gasteiger partial charge in [0.1, 0.15) is 5.52 Å². The Balaban J connectivity index is 2.02. The van der Waals surface area contributed by atoms with Crippen LogP contribution in [-0.2, 0) is 0 Å². The Labute approximate surface area is 121 Å². The number of nitrogens with zero attached hydrogens (tertiary/aromatic N) is 3. The molecule has 19 heavy (non-hydrogen) atoms.